The van der Waals surface area contributed by atoms with E-state index in [1.807, 2.05) is 0 Å². The van der Waals surface area contributed by atoms with Crippen LogP contribution in [0, 0.1) is 5.92 Å². The maximum atomic E-state index is 10.5. The summed E-state index contributed by atoms with van der Waals surface area (Å²) in [6, 6.07) is 0. The largest absolute Gasteiger partial charge is 0.481 e. The summed E-state index contributed by atoms with van der Waals surface area (Å²) in [4.78, 5) is 22.6. The van der Waals surface area contributed by atoms with Gasteiger partial charge in [0.15, 0.2) is 0 Å². The summed E-state index contributed by atoms with van der Waals surface area (Å²) in [7, 11) is 0. The third-order valence-electron chi connectivity index (χ3n) is 2.49. The van der Waals surface area contributed by atoms with E-state index in [2.05, 4.69) is 0 Å². The first-order chi connectivity index (χ1) is 6.22. The zero-order chi connectivity index (χ0) is 9.68. The molecular weight excluding hydrogens is 170 g/mol. The molecule has 0 aromatic carbocycles. The molecule has 1 saturated heterocycles. The Morgan fingerprint density at radius 3 is 2.85 bits per heavy atom. The second-order valence-corrected chi connectivity index (χ2v) is 3.54. The molecule has 4 heteroatoms. The fourth-order valence-electron chi connectivity index (χ4n) is 1.74. The molecule has 0 saturated carbocycles. The van der Waals surface area contributed by atoms with Gasteiger partial charge < -0.3 is 10.0 Å². The molecule has 1 N–H and O–H groups in total. The van der Waals surface area contributed by atoms with Crippen LogP contribution in [0.5, 0.6) is 0 Å². The lowest BCUT2D eigenvalue weighted by molar-refractivity contribution is -0.138. The van der Waals surface area contributed by atoms with Crippen LogP contribution in [0.2, 0.25) is 0 Å². The van der Waals surface area contributed by atoms with Crippen LogP contribution in [0.4, 0.5) is 0 Å². The fourth-order valence-corrected chi connectivity index (χ4v) is 1.74. The first kappa shape index (κ1) is 10.0. The second-order valence-electron chi connectivity index (χ2n) is 3.54. The van der Waals surface area contributed by atoms with Gasteiger partial charge in [0, 0.05) is 19.5 Å². The second kappa shape index (κ2) is 4.84. The molecule has 1 unspecified atom stereocenters. The number of aliphatic carboxylic acids is 1. The zero-order valence-electron chi connectivity index (χ0n) is 7.61. The van der Waals surface area contributed by atoms with Gasteiger partial charge in [0.05, 0.1) is 0 Å². The third-order valence-corrected chi connectivity index (χ3v) is 2.49. The summed E-state index contributed by atoms with van der Waals surface area (Å²) < 4.78 is 0. The predicted octanol–water partition coefficient (Wildman–Crippen LogP) is 0.720. The van der Waals surface area contributed by atoms with Gasteiger partial charge in [0.2, 0.25) is 6.41 Å². The Bertz CT molecular complexity index is 193. The number of hydrogen-bond acceptors (Lipinski definition) is 2. The van der Waals surface area contributed by atoms with Gasteiger partial charge in [-0.15, -0.1) is 0 Å². The molecule has 0 aliphatic carbocycles. The molecule has 13 heavy (non-hydrogen) atoms. The lowest BCUT2D eigenvalue weighted by Gasteiger charge is -2.13. The van der Waals surface area contributed by atoms with Crippen molar-refractivity contribution in [2.24, 2.45) is 5.92 Å². The molecule has 1 atom stereocenters. The Morgan fingerprint density at radius 1 is 1.46 bits per heavy atom. The number of hydrogen-bond donors (Lipinski definition) is 1. The Kier molecular flexibility index (Phi) is 3.73. The average molecular weight is 185 g/mol. The number of nitrogens with zero attached hydrogens (tertiary/aromatic N) is 1. The molecular formula is C9H15NO3. The molecule has 0 spiro atoms. The number of carboxylic acids is 1. The Balaban J connectivity index is 2.35. The summed E-state index contributed by atoms with van der Waals surface area (Å²) in [6.45, 7) is 1.49. The van der Waals surface area contributed by atoms with Gasteiger partial charge >= 0.3 is 5.97 Å². The van der Waals surface area contributed by atoms with Crippen molar-refractivity contribution in [3.8, 4) is 0 Å². The molecule has 74 valence electrons. The summed E-state index contributed by atoms with van der Waals surface area (Å²) in [5.41, 5.74) is 0. The van der Waals surface area contributed by atoms with E-state index < -0.39 is 5.97 Å². The van der Waals surface area contributed by atoms with Gasteiger partial charge in [-0.3, -0.25) is 9.59 Å². The van der Waals surface area contributed by atoms with Gasteiger partial charge in [-0.1, -0.05) is 0 Å². The van der Waals surface area contributed by atoms with Crippen molar-refractivity contribution in [2.75, 3.05) is 13.1 Å². The summed E-state index contributed by atoms with van der Waals surface area (Å²) >= 11 is 0. The van der Waals surface area contributed by atoms with Crippen LogP contribution in [0.25, 0.3) is 0 Å². The van der Waals surface area contributed by atoms with Crippen molar-refractivity contribution in [1.82, 2.24) is 4.90 Å². The molecule has 1 aliphatic heterocycles. The average Bonchev–Trinajstić information content (AvgIpc) is 2.29. The van der Waals surface area contributed by atoms with Gasteiger partial charge in [0.25, 0.3) is 0 Å². The van der Waals surface area contributed by atoms with E-state index in [4.69, 9.17) is 5.11 Å². The smallest absolute Gasteiger partial charge is 0.303 e. The molecule has 0 aromatic heterocycles. The van der Waals surface area contributed by atoms with Crippen molar-refractivity contribution < 1.29 is 14.7 Å². The minimum Gasteiger partial charge on any atom is -0.481 e. The van der Waals surface area contributed by atoms with Gasteiger partial charge in [-0.25, -0.2) is 0 Å². The van der Waals surface area contributed by atoms with Crippen molar-refractivity contribution >= 4 is 12.4 Å². The first-order valence-corrected chi connectivity index (χ1v) is 4.63. The summed E-state index contributed by atoms with van der Waals surface area (Å²) in [5, 5.41) is 8.60. The maximum Gasteiger partial charge on any atom is 0.303 e. The third kappa shape index (κ3) is 3.44. The molecule has 1 rings (SSSR count). The fraction of sp³-hybridized carbons (Fsp3) is 0.778. The number of carboxylic acid groups (broad SMARTS) is 1. The maximum absolute atomic E-state index is 10.5. The Hall–Kier alpha value is -1.06. The number of carbonyl (C=O) groups excluding carboxylic acids is 1. The van der Waals surface area contributed by atoms with Gasteiger partial charge in [-0.2, -0.15) is 0 Å². The van der Waals surface area contributed by atoms with E-state index in [0.717, 1.165) is 32.2 Å². The highest BCUT2D eigenvalue weighted by Gasteiger charge is 2.17. The van der Waals surface area contributed by atoms with E-state index in [1.165, 1.54) is 0 Å². The van der Waals surface area contributed by atoms with Crippen molar-refractivity contribution in [3.05, 3.63) is 0 Å². The highest BCUT2D eigenvalue weighted by Crippen LogP contribution is 2.19. The van der Waals surface area contributed by atoms with Crippen LogP contribution >= 0.6 is 0 Å². The normalized spacial score (nSPS) is 23.7. The van der Waals surface area contributed by atoms with Crippen LogP contribution in [0.3, 0.4) is 0 Å². The lowest BCUT2D eigenvalue weighted by Crippen LogP contribution is -2.22. The molecule has 0 bridgehead atoms. The standard InChI is InChI=1S/C9H15NO3/c11-7-10-4-1-2-8(3-5-10)6-9(12)13/h7-8H,1-6H2,(H,12,13). The molecule has 0 radical (unpaired) electrons. The van der Waals surface area contributed by atoms with Crippen molar-refractivity contribution in [3.63, 3.8) is 0 Å². The van der Waals surface area contributed by atoms with Crippen LogP contribution in [-0.2, 0) is 9.59 Å². The van der Waals surface area contributed by atoms with Crippen molar-refractivity contribution in [2.45, 2.75) is 25.7 Å². The van der Waals surface area contributed by atoms with Crippen LogP contribution in [-0.4, -0.2) is 35.5 Å². The molecule has 1 fully saturated rings. The Morgan fingerprint density at radius 2 is 2.23 bits per heavy atom. The van der Waals surface area contributed by atoms with Crippen molar-refractivity contribution in [1.29, 1.82) is 0 Å². The number of amides is 1. The highest BCUT2D eigenvalue weighted by atomic mass is 16.4. The predicted molar refractivity (Wildman–Crippen MR) is 47.2 cm³/mol. The lowest BCUT2D eigenvalue weighted by atomic mass is 9.97. The van der Waals surface area contributed by atoms with E-state index in [-0.39, 0.29) is 12.3 Å². The zero-order valence-corrected chi connectivity index (χ0v) is 7.61. The topological polar surface area (TPSA) is 57.6 Å². The summed E-state index contributed by atoms with van der Waals surface area (Å²) in [6.07, 6.45) is 3.77. The minimum atomic E-state index is -0.732. The molecule has 1 aliphatic rings. The van der Waals surface area contributed by atoms with Crippen LogP contribution in [0.15, 0.2) is 0 Å². The van der Waals surface area contributed by atoms with Gasteiger partial charge in [0.1, 0.15) is 0 Å². The van der Waals surface area contributed by atoms with E-state index in [1.54, 1.807) is 4.90 Å². The summed E-state index contributed by atoms with van der Waals surface area (Å²) in [5.74, 6) is -0.480. The Labute approximate surface area is 77.5 Å². The quantitative estimate of drug-likeness (QED) is 0.659. The monoisotopic (exact) mass is 185 g/mol. The number of carbonyl (C=O) groups is 2. The van der Waals surface area contributed by atoms with Crippen LogP contribution < -0.4 is 0 Å². The highest BCUT2D eigenvalue weighted by molar-refractivity contribution is 5.67. The molecule has 1 heterocycles. The van der Waals surface area contributed by atoms with E-state index in [9.17, 15) is 9.59 Å². The molecule has 1 amide bonds. The van der Waals surface area contributed by atoms with Crippen LogP contribution in [0.1, 0.15) is 25.7 Å². The SMILES string of the molecule is O=CN1CCCC(CC(=O)O)CC1. The first-order valence-electron chi connectivity index (χ1n) is 4.63. The number of rotatable bonds is 3. The van der Waals surface area contributed by atoms with E-state index >= 15 is 0 Å². The van der Waals surface area contributed by atoms with Gasteiger partial charge in [-0.05, 0) is 25.2 Å². The molecule has 4 nitrogen and oxygen atoms in total. The van der Waals surface area contributed by atoms with E-state index in [0.29, 0.717) is 6.54 Å². The minimum absolute atomic E-state index is 0.243. The molecule has 0 aromatic rings. The number of likely N-dealkylation sites (tertiary alicyclic amines) is 1.